The number of esters is 1. The molecule has 0 amide bonds. The summed E-state index contributed by atoms with van der Waals surface area (Å²) >= 11 is 0. The summed E-state index contributed by atoms with van der Waals surface area (Å²) in [7, 11) is 3.92. The van der Waals surface area contributed by atoms with Gasteiger partial charge in [-0.15, -0.1) is 0 Å². The van der Waals surface area contributed by atoms with Crippen molar-refractivity contribution in [2.24, 2.45) is 0 Å². The average molecular weight is 415 g/mol. The number of nitrogens with zero attached hydrogens (tertiary/aromatic N) is 2. The molecule has 168 valence electrons. The molecule has 1 aromatic rings. The first-order chi connectivity index (χ1) is 14.0. The number of benzene rings is 1. The zero-order valence-electron chi connectivity index (χ0n) is 18.0. The number of carbonyl (C=O) groups is 1. The number of hydrogen-bond acceptors (Lipinski definition) is 8. The van der Waals surface area contributed by atoms with Crippen LogP contribution >= 0.6 is 0 Å². The van der Waals surface area contributed by atoms with Crippen LogP contribution < -0.4 is 4.90 Å². The Balaban J connectivity index is 0.000000665. The fourth-order valence-corrected chi connectivity index (χ4v) is 2.28. The maximum Gasteiger partial charge on any atom is 0.338 e. The summed E-state index contributed by atoms with van der Waals surface area (Å²) in [6.07, 6.45) is 2.15. The largest absolute Gasteiger partial charge is 0.460 e. The van der Waals surface area contributed by atoms with Gasteiger partial charge in [-0.25, -0.2) is 4.79 Å². The quantitative estimate of drug-likeness (QED) is 0.306. The van der Waals surface area contributed by atoms with Crippen LogP contribution in [-0.4, -0.2) is 99.6 Å². The lowest BCUT2D eigenvalue weighted by Gasteiger charge is -2.17. The van der Waals surface area contributed by atoms with E-state index in [-0.39, 0.29) is 25.8 Å². The molecule has 0 aliphatic carbocycles. The molecule has 0 radical (unpaired) electrons. The van der Waals surface area contributed by atoms with E-state index in [4.69, 9.17) is 24.8 Å². The van der Waals surface area contributed by atoms with E-state index in [0.29, 0.717) is 38.4 Å². The summed E-state index contributed by atoms with van der Waals surface area (Å²) in [5.74, 6) is -0.301. The van der Waals surface area contributed by atoms with Gasteiger partial charge in [0.05, 0.1) is 32.0 Å². The van der Waals surface area contributed by atoms with Crippen molar-refractivity contribution in [3.63, 3.8) is 0 Å². The Hall–Kier alpha value is -1.71. The van der Waals surface area contributed by atoms with E-state index >= 15 is 0 Å². The van der Waals surface area contributed by atoms with Gasteiger partial charge in [-0.1, -0.05) is 13.3 Å². The fraction of sp³-hybridized carbons (Fsp3) is 0.667. The molecule has 0 bridgehead atoms. The molecule has 0 fully saturated rings. The van der Waals surface area contributed by atoms with Gasteiger partial charge in [-0.3, -0.25) is 4.90 Å². The second-order valence-corrected chi connectivity index (χ2v) is 6.56. The smallest absolute Gasteiger partial charge is 0.338 e. The Morgan fingerprint density at radius 1 is 0.897 bits per heavy atom. The van der Waals surface area contributed by atoms with E-state index in [2.05, 4.69) is 6.92 Å². The molecule has 0 aliphatic rings. The molecule has 0 saturated carbocycles. The van der Waals surface area contributed by atoms with Crippen molar-refractivity contribution in [1.82, 2.24) is 4.90 Å². The van der Waals surface area contributed by atoms with Gasteiger partial charge in [-0.05, 0) is 30.7 Å². The molecule has 0 aliphatic heterocycles. The molecule has 8 heteroatoms. The summed E-state index contributed by atoms with van der Waals surface area (Å²) in [6, 6.07) is 7.34. The molecule has 8 nitrogen and oxygen atoms in total. The summed E-state index contributed by atoms with van der Waals surface area (Å²) in [6.45, 7) is 5.36. The monoisotopic (exact) mass is 414 g/mol. The standard InChI is InChI=1S/C15H23NO3.C6H15NO3/c1-4-5-10-18-11-12-19-15(17)13-6-8-14(9-7-13)16(2)3;8-4-1-7(2-5-9)3-6-10/h6-9H,4-5,10-12H2,1-3H3;8-10H,1-6H2. The number of aliphatic hydroxyl groups excluding tert-OH is 3. The Bertz CT molecular complexity index is 496. The second-order valence-electron chi connectivity index (χ2n) is 6.56. The van der Waals surface area contributed by atoms with Crippen LogP contribution in [-0.2, 0) is 9.47 Å². The molecule has 1 rings (SSSR count). The minimum absolute atomic E-state index is 0.0694. The van der Waals surface area contributed by atoms with E-state index in [1.807, 2.05) is 31.1 Å². The van der Waals surface area contributed by atoms with Gasteiger partial charge in [0.1, 0.15) is 6.61 Å². The molecule has 0 heterocycles. The number of ether oxygens (including phenoxy) is 2. The number of rotatable bonds is 14. The van der Waals surface area contributed by atoms with Gasteiger partial charge < -0.3 is 29.7 Å². The van der Waals surface area contributed by atoms with Crippen molar-refractivity contribution in [2.75, 3.05) is 78.3 Å². The van der Waals surface area contributed by atoms with Gasteiger partial charge in [0, 0.05) is 46.0 Å². The van der Waals surface area contributed by atoms with Crippen molar-refractivity contribution in [1.29, 1.82) is 0 Å². The molecule has 0 atom stereocenters. The molecule has 0 saturated heterocycles. The van der Waals surface area contributed by atoms with Crippen molar-refractivity contribution in [3.8, 4) is 0 Å². The predicted molar refractivity (Wildman–Crippen MR) is 114 cm³/mol. The average Bonchev–Trinajstić information content (AvgIpc) is 2.71. The van der Waals surface area contributed by atoms with Crippen LogP contribution in [0.1, 0.15) is 30.1 Å². The van der Waals surface area contributed by atoms with Gasteiger partial charge in [-0.2, -0.15) is 0 Å². The van der Waals surface area contributed by atoms with Crippen LogP contribution in [0, 0.1) is 0 Å². The molecule has 0 spiro atoms. The topological polar surface area (TPSA) is 103 Å². The first-order valence-electron chi connectivity index (χ1n) is 10.1. The third-order valence-corrected chi connectivity index (χ3v) is 3.97. The summed E-state index contributed by atoms with van der Waals surface area (Å²) in [4.78, 5) is 15.5. The van der Waals surface area contributed by atoms with Gasteiger partial charge in [0.15, 0.2) is 0 Å². The van der Waals surface area contributed by atoms with Crippen LogP contribution in [0.5, 0.6) is 0 Å². The first kappa shape index (κ1) is 27.3. The van der Waals surface area contributed by atoms with E-state index < -0.39 is 0 Å². The Morgan fingerprint density at radius 2 is 1.45 bits per heavy atom. The lowest BCUT2D eigenvalue weighted by atomic mass is 10.2. The number of aliphatic hydroxyl groups is 3. The van der Waals surface area contributed by atoms with E-state index in [1.165, 1.54) is 0 Å². The lowest BCUT2D eigenvalue weighted by Crippen LogP contribution is -2.32. The molecule has 0 aromatic heterocycles. The second kappa shape index (κ2) is 18.3. The van der Waals surface area contributed by atoms with E-state index in [9.17, 15) is 4.79 Å². The maximum atomic E-state index is 11.7. The molecule has 3 N–H and O–H groups in total. The van der Waals surface area contributed by atoms with Crippen molar-refractivity contribution in [3.05, 3.63) is 29.8 Å². The summed E-state index contributed by atoms with van der Waals surface area (Å²) in [5.41, 5.74) is 1.62. The first-order valence-corrected chi connectivity index (χ1v) is 10.1. The van der Waals surface area contributed by atoms with Gasteiger partial charge in [0.25, 0.3) is 0 Å². The highest BCUT2D eigenvalue weighted by molar-refractivity contribution is 5.89. The summed E-state index contributed by atoms with van der Waals surface area (Å²) < 4.78 is 10.5. The molecule has 1 aromatic carbocycles. The normalized spacial score (nSPS) is 10.4. The van der Waals surface area contributed by atoms with Crippen molar-refractivity contribution >= 4 is 11.7 Å². The highest BCUT2D eigenvalue weighted by Crippen LogP contribution is 2.12. The zero-order valence-corrected chi connectivity index (χ0v) is 18.0. The SMILES string of the molecule is CCCCOCCOC(=O)c1ccc(N(C)C)cc1.OCCN(CCO)CCO. The Labute approximate surface area is 174 Å². The number of carbonyl (C=O) groups excluding carboxylic acids is 1. The third-order valence-electron chi connectivity index (χ3n) is 3.97. The van der Waals surface area contributed by atoms with Gasteiger partial charge in [0.2, 0.25) is 0 Å². The molecule has 0 unspecified atom stereocenters. The van der Waals surface area contributed by atoms with Crippen LogP contribution in [0.25, 0.3) is 0 Å². The third kappa shape index (κ3) is 14.0. The maximum absolute atomic E-state index is 11.7. The van der Waals surface area contributed by atoms with E-state index in [0.717, 1.165) is 25.1 Å². The summed E-state index contributed by atoms with van der Waals surface area (Å²) in [5, 5.41) is 25.5. The van der Waals surface area contributed by atoms with Crippen LogP contribution in [0.15, 0.2) is 24.3 Å². The minimum atomic E-state index is -0.301. The number of anilines is 1. The highest BCUT2D eigenvalue weighted by Gasteiger charge is 2.07. The Morgan fingerprint density at radius 3 is 1.90 bits per heavy atom. The molecular weight excluding hydrogens is 376 g/mol. The highest BCUT2D eigenvalue weighted by atomic mass is 16.6. The number of hydrogen-bond donors (Lipinski definition) is 3. The van der Waals surface area contributed by atoms with Crippen LogP contribution in [0.2, 0.25) is 0 Å². The van der Waals surface area contributed by atoms with Crippen LogP contribution in [0.3, 0.4) is 0 Å². The predicted octanol–water partition coefficient (Wildman–Crippen LogP) is 0.991. The van der Waals surface area contributed by atoms with E-state index in [1.54, 1.807) is 17.0 Å². The van der Waals surface area contributed by atoms with Crippen molar-refractivity contribution in [2.45, 2.75) is 19.8 Å². The van der Waals surface area contributed by atoms with Crippen LogP contribution in [0.4, 0.5) is 5.69 Å². The lowest BCUT2D eigenvalue weighted by molar-refractivity contribution is 0.0314. The Kier molecular flexibility index (Phi) is 17.2. The molecular formula is C21H38N2O6. The number of unbranched alkanes of at least 4 members (excludes halogenated alkanes) is 1. The fourth-order valence-electron chi connectivity index (χ4n) is 2.28. The molecule has 29 heavy (non-hydrogen) atoms. The minimum Gasteiger partial charge on any atom is -0.460 e. The van der Waals surface area contributed by atoms with Gasteiger partial charge >= 0.3 is 5.97 Å². The zero-order chi connectivity index (χ0) is 21.9. The van der Waals surface area contributed by atoms with Crippen molar-refractivity contribution < 1.29 is 29.6 Å².